The summed E-state index contributed by atoms with van der Waals surface area (Å²) in [5.74, 6) is -0.650. The zero-order valence-electron chi connectivity index (χ0n) is 18.9. The van der Waals surface area contributed by atoms with E-state index in [0.29, 0.717) is 6.07 Å². The number of benzene rings is 3. The van der Waals surface area contributed by atoms with E-state index in [1.807, 2.05) is 54.6 Å². The minimum Gasteiger partial charge on any atom is -0.356 e. The fourth-order valence-corrected chi connectivity index (χ4v) is 3.90. The van der Waals surface area contributed by atoms with E-state index in [-0.39, 0.29) is 12.2 Å². The molecule has 3 amide bonds. The topological polar surface area (TPSA) is 76.4 Å². The third kappa shape index (κ3) is 4.55. The number of imide groups is 1. The van der Waals surface area contributed by atoms with Gasteiger partial charge in [0, 0.05) is 17.9 Å². The van der Waals surface area contributed by atoms with E-state index in [1.165, 1.54) is 17.0 Å². The Morgan fingerprint density at radius 1 is 0.943 bits per heavy atom. The summed E-state index contributed by atoms with van der Waals surface area (Å²) >= 11 is 0. The Kier molecular flexibility index (Phi) is 5.99. The summed E-state index contributed by atoms with van der Waals surface area (Å²) in [5.41, 5.74) is -0.805. The van der Waals surface area contributed by atoms with Crippen LogP contribution in [0.15, 0.2) is 72.8 Å². The molecule has 1 N–H and O–H groups in total. The van der Waals surface area contributed by atoms with Crippen LogP contribution in [0.2, 0.25) is 0 Å². The first-order valence-corrected chi connectivity index (χ1v) is 10.7. The van der Waals surface area contributed by atoms with Crippen LogP contribution in [0.25, 0.3) is 0 Å². The molecule has 0 bridgehead atoms. The lowest BCUT2D eigenvalue weighted by Gasteiger charge is -2.27. The molecule has 1 aliphatic heterocycles. The van der Waals surface area contributed by atoms with Gasteiger partial charge in [-0.2, -0.15) is 18.4 Å². The molecule has 178 valence electrons. The second-order valence-corrected chi connectivity index (χ2v) is 8.60. The molecule has 4 rings (SSSR count). The predicted molar refractivity (Wildman–Crippen MR) is 125 cm³/mol. The lowest BCUT2D eigenvalue weighted by molar-refractivity contribution is -0.137. The molecule has 0 unspecified atom stereocenters. The number of nitrogens with zero attached hydrogens (tertiary/aromatic N) is 3. The molecule has 35 heavy (non-hydrogen) atoms. The average molecular weight is 478 g/mol. The van der Waals surface area contributed by atoms with Crippen molar-refractivity contribution in [1.29, 1.82) is 5.26 Å². The van der Waals surface area contributed by atoms with Crippen molar-refractivity contribution in [3.63, 3.8) is 0 Å². The highest BCUT2D eigenvalue weighted by Gasteiger charge is 2.52. The molecule has 1 aliphatic rings. The van der Waals surface area contributed by atoms with Gasteiger partial charge in [-0.3, -0.25) is 4.79 Å². The SMILES string of the molecule is CC1(C)C(=O)N(c2ccc(C#N)c(C(F)(F)F)c2)C(=O)N1Cc1ccc(Nc2ccccc2)cc1. The molecule has 1 fully saturated rings. The smallest absolute Gasteiger partial charge is 0.356 e. The maximum atomic E-state index is 13.4. The number of halogens is 3. The second-order valence-electron chi connectivity index (χ2n) is 8.60. The fourth-order valence-electron chi connectivity index (χ4n) is 3.90. The lowest BCUT2D eigenvalue weighted by atomic mass is 10.0. The van der Waals surface area contributed by atoms with E-state index < -0.39 is 34.8 Å². The number of hydrogen-bond donors (Lipinski definition) is 1. The van der Waals surface area contributed by atoms with Crippen molar-refractivity contribution < 1.29 is 22.8 Å². The molecular formula is C26H21F3N4O2. The molecule has 9 heteroatoms. The van der Waals surface area contributed by atoms with Gasteiger partial charge in [-0.1, -0.05) is 30.3 Å². The van der Waals surface area contributed by atoms with Crippen LogP contribution < -0.4 is 10.2 Å². The quantitative estimate of drug-likeness (QED) is 0.452. The van der Waals surface area contributed by atoms with Crippen molar-refractivity contribution in [2.75, 3.05) is 10.2 Å². The summed E-state index contributed by atoms with van der Waals surface area (Å²) in [7, 11) is 0. The molecule has 0 aromatic heterocycles. The number of carbonyl (C=O) groups is 2. The summed E-state index contributed by atoms with van der Waals surface area (Å²) < 4.78 is 40.3. The van der Waals surface area contributed by atoms with Crippen molar-refractivity contribution >= 4 is 29.0 Å². The second kappa shape index (κ2) is 8.80. The van der Waals surface area contributed by atoms with Crippen LogP contribution in [0.3, 0.4) is 0 Å². The third-order valence-corrected chi connectivity index (χ3v) is 5.87. The van der Waals surface area contributed by atoms with Crippen LogP contribution in [0.4, 0.5) is 35.0 Å². The third-order valence-electron chi connectivity index (χ3n) is 5.87. The van der Waals surface area contributed by atoms with Gasteiger partial charge in [0.05, 0.1) is 22.9 Å². The number of urea groups is 1. The number of amides is 3. The van der Waals surface area contributed by atoms with Crippen LogP contribution in [0.5, 0.6) is 0 Å². The Labute approximate surface area is 200 Å². The van der Waals surface area contributed by atoms with Gasteiger partial charge in [-0.05, 0) is 61.9 Å². The van der Waals surface area contributed by atoms with Crippen LogP contribution in [0, 0.1) is 11.3 Å². The number of para-hydroxylation sites is 1. The van der Waals surface area contributed by atoms with Gasteiger partial charge >= 0.3 is 12.2 Å². The number of nitrogens with one attached hydrogen (secondary N) is 1. The first-order chi connectivity index (χ1) is 16.5. The zero-order valence-corrected chi connectivity index (χ0v) is 18.9. The van der Waals surface area contributed by atoms with Gasteiger partial charge in [-0.25, -0.2) is 9.69 Å². The maximum absolute atomic E-state index is 13.4. The molecule has 3 aromatic rings. The molecule has 0 saturated carbocycles. The largest absolute Gasteiger partial charge is 0.417 e. The Morgan fingerprint density at radius 2 is 1.57 bits per heavy atom. The monoisotopic (exact) mass is 478 g/mol. The van der Waals surface area contributed by atoms with Crippen molar-refractivity contribution in [3.8, 4) is 6.07 Å². The van der Waals surface area contributed by atoms with Gasteiger partial charge in [0.1, 0.15) is 5.54 Å². The molecule has 0 aliphatic carbocycles. The molecular weight excluding hydrogens is 457 g/mol. The Morgan fingerprint density at radius 3 is 2.17 bits per heavy atom. The number of hydrogen-bond acceptors (Lipinski definition) is 4. The summed E-state index contributed by atoms with van der Waals surface area (Å²) in [4.78, 5) is 28.4. The van der Waals surface area contributed by atoms with Crippen molar-refractivity contribution in [3.05, 3.63) is 89.5 Å². The van der Waals surface area contributed by atoms with Crippen molar-refractivity contribution in [2.45, 2.75) is 32.1 Å². The van der Waals surface area contributed by atoms with Crippen LogP contribution in [-0.2, 0) is 17.5 Å². The summed E-state index contributed by atoms with van der Waals surface area (Å²) in [6, 6.07) is 20.4. The van der Waals surface area contributed by atoms with E-state index in [2.05, 4.69) is 5.32 Å². The lowest BCUT2D eigenvalue weighted by Crippen LogP contribution is -2.43. The molecule has 1 heterocycles. The van der Waals surface area contributed by atoms with E-state index >= 15 is 0 Å². The van der Waals surface area contributed by atoms with Gasteiger partial charge < -0.3 is 10.2 Å². The molecule has 0 spiro atoms. The normalized spacial score (nSPS) is 15.3. The van der Waals surface area contributed by atoms with E-state index in [4.69, 9.17) is 5.26 Å². The number of anilines is 3. The number of nitriles is 1. The minimum atomic E-state index is -4.81. The molecule has 6 nitrogen and oxygen atoms in total. The Bertz CT molecular complexity index is 1310. The molecule has 1 saturated heterocycles. The van der Waals surface area contributed by atoms with Gasteiger partial charge in [-0.15, -0.1) is 0 Å². The molecule has 0 atom stereocenters. The standard InChI is InChI=1S/C26H21F3N4O2/c1-25(2)23(34)33(21-13-10-18(15-30)22(14-21)26(27,28)29)24(35)32(25)16-17-8-11-20(12-9-17)31-19-6-4-3-5-7-19/h3-14,31H,16H2,1-2H3. The van der Waals surface area contributed by atoms with Crippen molar-refractivity contribution in [2.24, 2.45) is 0 Å². The first-order valence-electron chi connectivity index (χ1n) is 10.7. The number of rotatable bonds is 5. The predicted octanol–water partition coefficient (Wildman–Crippen LogP) is 6.07. The zero-order chi connectivity index (χ0) is 25.4. The van der Waals surface area contributed by atoms with Crippen LogP contribution in [-0.4, -0.2) is 22.4 Å². The fraction of sp³-hybridized carbons (Fsp3) is 0.192. The number of carbonyl (C=O) groups excluding carboxylic acids is 2. The molecule has 3 aromatic carbocycles. The Balaban J connectivity index is 1.58. The Hall–Kier alpha value is -4.32. The highest BCUT2D eigenvalue weighted by molar-refractivity contribution is 6.23. The van der Waals surface area contributed by atoms with Crippen molar-refractivity contribution in [1.82, 2.24) is 4.90 Å². The highest BCUT2D eigenvalue weighted by atomic mass is 19.4. The van der Waals surface area contributed by atoms with E-state index in [0.717, 1.165) is 27.9 Å². The van der Waals surface area contributed by atoms with E-state index in [9.17, 15) is 22.8 Å². The van der Waals surface area contributed by atoms with Crippen LogP contribution >= 0.6 is 0 Å². The summed E-state index contributed by atoms with van der Waals surface area (Å²) in [6.07, 6.45) is -4.81. The van der Waals surface area contributed by atoms with Gasteiger partial charge in [0.2, 0.25) is 0 Å². The van der Waals surface area contributed by atoms with Gasteiger partial charge in [0.15, 0.2) is 0 Å². The van der Waals surface area contributed by atoms with Crippen LogP contribution in [0.1, 0.15) is 30.5 Å². The maximum Gasteiger partial charge on any atom is 0.417 e. The highest BCUT2D eigenvalue weighted by Crippen LogP contribution is 2.38. The average Bonchev–Trinajstić information content (AvgIpc) is 2.99. The minimum absolute atomic E-state index is 0.0854. The summed E-state index contributed by atoms with van der Waals surface area (Å²) in [5, 5.41) is 12.3. The van der Waals surface area contributed by atoms with E-state index in [1.54, 1.807) is 13.8 Å². The first kappa shape index (κ1) is 23.8. The van der Waals surface area contributed by atoms with Gasteiger partial charge in [0.25, 0.3) is 5.91 Å². The summed E-state index contributed by atoms with van der Waals surface area (Å²) in [6.45, 7) is 3.18. The molecule has 0 radical (unpaired) electrons. The number of alkyl halides is 3.